The Kier molecular flexibility index (Phi) is 5.69. The minimum atomic E-state index is -0.704. The van der Waals surface area contributed by atoms with Crippen LogP contribution in [0.15, 0.2) is 29.4 Å². The molecule has 0 aromatic heterocycles. The summed E-state index contributed by atoms with van der Waals surface area (Å²) in [6.45, 7) is 0.857. The van der Waals surface area contributed by atoms with Crippen LogP contribution in [0, 0.1) is 0 Å². The molecular formula is C13H15NO5. The van der Waals surface area contributed by atoms with Crippen LogP contribution in [0.25, 0.3) is 0 Å². The fraction of sp³-hybridized carbons (Fsp3) is 0.308. The lowest BCUT2D eigenvalue weighted by Crippen LogP contribution is -2.20. The number of rotatable bonds is 6. The summed E-state index contributed by atoms with van der Waals surface area (Å²) in [5.74, 6) is -0.923. The Morgan fingerprint density at radius 1 is 1.32 bits per heavy atom. The van der Waals surface area contributed by atoms with Crippen molar-refractivity contribution in [2.45, 2.75) is 13.5 Å². The molecule has 0 bridgehead atoms. The van der Waals surface area contributed by atoms with Gasteiger partial charge in [0.15, 0.2) is 18.1 Å². The highest BCUT2D eigenvalue weighted by molar-refractivity contribution is 6.43. The van der Waals surface area contributed by atoms with Crippen molar-refractivity contribution in [3.05, 3.63) is 35.4 Å². The van der Waals surface area contributed by atoms with Crippen molar-refractivity contribution in [3.63, 3.8) is 0 Å². The first-order chi connectivity index (χ1) is 9.10. The van der Waals surface area contributed by atoms with Crippen LogP contribution in [-0.4, -0.2) is 36.3 Å². The molecule has 0 atom stereocenters. The van der Waals surface area contributed by atoms with Gasteiger partial charge in [-0.25, -0.2) is 4.79 Å². The number of carbonyl (C=O) groups is 2. The van der Waals surface area contributed by atoms with E-state index in [-0.39, 0.29) is 24.7 Å². The van der Waals surface area contributed by atoms with Crippen LogP contribution in [0.1, 0.15) is 18.1 Å². The second-order valence-electron chi connectivity index (χ2n) is 3.72. The number of ether oxygens (including phenoxy) is 1. The smallest absolute Gasteiger partial charge is 0.360 e. The van der Waals surface area contributed by atoms with Gasteiger partial charge in [0, 0.05) is 5.56 Å². The van der Waals surface area contributed by atoms with E-state index >= 15 is 0 Å². The fourth-order valence-electron chi connectivity index (χ4n) is 1.37. The molecule has 1 N–H and O–H groups in total. The quantitative estimate of drug-likeness (QED) is 0.464. The van der Waals surface area contributed by atoms with Gasteiger partial charge < -0.3 is 14.7 Å². The monoisotopic (exact) mass is 265 g/mol. The lowest BCUT2D eigenvalue weighted by molar-refractivity contribution is -0.133. The Morgan fingerprint density at radius 3 is 2.58 bits per heavy atom. The molecule has 102 valence electrons. The largest absolute Gasteiger partial charge is 0.464 e. The maximum absolute atomic E-state index is 11.7. The number of ketones is 1. The van der Waals surface area contributed by atoms with E-state index < -0.39 is 5.97 Å². The summed E-state index contributed by atoms with van der Waals surface area (Å²) in [7, 11) is 1.21. The van der Waals surface area contributed by atoms with Crippen LogP contribution in [0.4, 0.5) is 0 Å². The second-order valence-corrected chi connectivity index (χ2v) is 3.72. The van der Waals surface area contributed by atoms with E-state index in [1.54, 1.807) is 24.3 Å². The lowest BCUT2D eigenvalue weighted by atomic mass is 10.0. The molecule has 0 fully saturated rings. The molecule has 0 aliphatic carbocycles. The molecule has 0 aliphatic heterocycles. The first-order valence-corrected chi connectivity index (χ1v) is 5.57. The maximum Gasteiger partial charge on any atom is 0.360 e. The number of aliphatic hydroxyl groups is 1. The van der Waals surface area contributed by atoms with Crippen LogP contribution in [-0.2, 0) is 25.8 Å². The van der Waals surface area contributed by atoms with E-state index in [9.17, 15) is 14.7 Å². The normalized spacial score (nSPS) is 11.0. The predicted octanol–water partition coefficient (Wildman–Crippen LogP) is 0.662. The summed E-state index contributed by atoms with van der Waals surface area (Å²) < 4.78 is 4.61. The van der Waals surface area contributed by atoms with Gasteiger partial charge in [-0.15, -0.1) is 0 Å². The van der Waals surface area contributed by atoms with Crippen molar-refractivity contribution in [1.29, 1.82) is 0 Å². The van der Waals surface area contributed by atoms with E-state index in [0.717, 1.165) is 0 Å². The third kappa shape index (κ3) is 4.18. The number of methoxy groups -OCH3 is 1. The number of nitrogens with zero attached hydrogens (tertiary/aromatic N) is 1. The van der Waals surface area contributed by atoms with Crippen LogP contribution in [0.5, 0.6) is 0 Å². The van der Waals surface area contributed by atoms with Gasteiger partial charge in [0.25, 0.3) is 0 Å². The van der Waals surface area contributed by atoms with Crippen LogP contribution >= 0.6 is 0 Å². The molecule has 0 saturated heterocycles. The average molecular weight is 265 g/mol. The Balaban J connectivity index is 3.09. The summed E-state index contributed by atoms with van der Waals surface area (Å²) in [6, 6.07) is 6.68. The third-order valence-corrected chi connectivity index (χ3v) is 2.25. The minimum absolute atomic E-state index is 0.0894. The first kappa shape index (κ1) is 14.8. The number of benzene rings is 1. The SMILES string of the molecule is COC(=O)/C(=N/OCC(C)=O)c1ccccc1CO. The number of Topliss-reactive ketones (excluding diaryl/α,β-unsaturated/α-hetero) is 1. The first-order valence-electron chi connectivity index (χ1n) is 5.57. The van der Waals surface area contributed by atoms with E-state index in [4.69, 9.17) is 4.84 Å². The molecule has 0 spiro atoms. The molecule has 0 unspecified atom stereocenters. The fourth-order valence-corrected chi connectivity index (χ4v) is 1.37. The van der Waals surface area contributed by atoms with Crippen LogP contribution < -0.4 is 0 Å². The summed E-state index contributed by atoms with van der Waals surface area (Å²) in [5.41, 5.74) is 0.826. The molecule has 19 heavy (non-hydrogen) atoms. The van der Waals surface area contributed by atoms with Crippen molar-refractivity contribution in [2.24, 2.45) is 5.16 Å². The Morgan fingerprint density at radius 2 is 2.00 bits per heavy atom. The highest BCUT2D eigenvalue weighted by Gasteiger charge is 2.18. The standard InChI is InChI=1S/C13H15NO5/c1-9(16)8-19-14-12(13(17)18-2)11-6-4-3-5-10(11)7-15/h3-6,15H,7-8H2,1-2H3/b14-12+. The molecule has 1 aromatic carbocycles. The van der Waals surface area contributed by atoms with E-state index in [0.29, 0.717) is 11.1 Å². The molecule has 1 rings (SSSR count). The minimum Gasteiger partial charge on any atom is -0.464 e. The Hall–Kier alpha value is -2.21. The van der Waals surface area contributed by atoms with Gasteiger partial charge in [0.2, 0.25) is 0 Å². The zero-order valence-corrected chi connectivity index (χ0v) is 10.8. The molecule has 0 saturated carbocycles. The molecule has 0 aliphatic rings. The van der Waals surface area contributed by atoms with Gasteiger partial charge in [-0.05, 0) is 12.5 Å². The zero-order valence-electron chi connectivity index (χ0n) is 10.8. The Labute approximate surface area is 110 Å². The van der Waals surface area contributed by atoms with E-state index in [2.05, 4.69) is 9.89 Å². The number of hydrogen-bond acceptors (Lipinski definition) is 6. The highest BCUT2D eigenvalue weighted by atomic mass is 16.6. The van der Waals surface area contributed by atoms with Gasteiger partial charge in [-0.1, -0.05) is 29.4 Å². The van der Waals surface area contributed by atoms with Crippen LogP contribution in [0.3, 0.4) is 0 Å². The predicted molar refractivity (Wildman–Crippen MR) is 67.6 cm³/mol. The van der Waals surface area contributed by atoms with Gasteiger partial charge >= 0.3 is 5.97 Å². The molecule has 0 heterocycles. The van der Waals surface area contributed by atoms with Crippen molar-refractivity contribution in [1.82, 2.24) is 0 Å². The number of carbonyl (C=O) groups excluding carboxylic acids is 2. The Bertz CT molecular complexity index is 496. The van der Waals surface area contributed by atoms with Crippen molar-refractivity contribution in [3.8, 4) is 0 Å². The number of hydrogen-bond donors (Lipinski definition) is 1. The third-order valence-electron chi connectivity index (χ3n) is 2.25. The van der Waals surface area contributed by atoms with Crippen LogP contribution in [0.2, 0.25) is 0 Å². The second kappa shape index (κ2) is 7.27. The summed E-state index contributed by atoms with van der Waals surface area (Å²) in [6.07, 6.45) is 0. The van der Waals surface area contributed by atoms with Gasteiger partial charge in [-0.3, -0.25) is 4.79 Å². The van der Waals surface area contributed by atoms with Crippen molar-refractivity contribution in [2.75, 3.05) is 13.7 Å². The molecule has 6 heteroatoms. The van der Waals surface area contributed by atoms with E-state index in [1.807, 2.05) is 0 Å². The maximum atomic E-state index is 11.7. The topological polar surface area (TPSA) is 85.2 Å². The average Bonchev–Trinajstić information content (AvgIpc) is 2.42. The molecule has 1 aromatic rings. The summed E-state index contributed by atoms with van der Waals surface area (Å²) in [5, 5.41) is 12.9. The van der Waals surface area contributed by atoms with Crippen molar-refractivity contribution < 1.29 is 24.3 Å². The summed E-state index contributed by atoms with van der Waals surface area (Å²) in [4.78, 5) is 27.2. The van der Waals surface area contributed by atoms with Gasteiger partial charge in [0.1, 0.15) is 0 Å². The van der Waals surface area contributed by atoms with Gasteiger partial charge in [0.05, 0.1) is 13.7 Å². The molecular weight excluding hydrogens is 250 g/mol. The molecule has 0 radical (unpaired) electrons. The highest BCUT2D eigenvalue weighted by Crippen LogP contribution is 2.11. The summed E-state index contributed by atoms with van der Waals surface area (Å²) >= 11 is 0. The number of oxime groups is 1. The van der Waals surface area contributed by atoms with Gasteiger partial charge in [-0.2, -0.15) is 0 Å². The van der Waals surface area contributed by atoms with Crippen molar-refractivity contribution >= 4 is 17.5 Å². The lowest BCUT2D eigenvalue weighted by Gasteiger charge is -2.08. The number of aliphatic hydroxyl groups excluding tert-OH is 1. The number of esters is 1. The zero-order chi connectivity index (χ0) is 14.3. The molecule has 0 amide bonds. The molecule has 6 nitrogen and oxygen atoms in total. The van der Waals surface area contributed by atoms with E-state index in [1.165, 1.54) is 14.0 Å².